The van der Waals surface area contributed by atoms with E-state index in [4.69, 9.17) is 23.7 Å². The number of rotatable bonds is 17. The highest BCUT2D eigenvalue weighted by Crippen LogP contribution is 2.25. The summed E-state index contributed by atoms with van der Waals surface area (Å²) in [5, 5.41) is 0. The van der Waals surface area contributed by atoms with Gasteiger partial charge in [-0.25, -0.2) is 4.79 Å². The van der Waals surface area contributed by atoms with Crippen LogP contribution in [0, 0.1) is 5.92 Å². The van der Waals surface area contributed by atoms with Crippen molar-refractivity contribution in [1.29, 1.82) is 0 Å². The monoisotopic (exact) mass is 554 g/mol. The number of carbonyl (C=O) groups excluding carboxylic acids is 2. The first-order chi connectivity index (χ1) is 19.5. The Morgan fingerprint density at radius 1 is 0.775 bits per heavy atom. The molecule has 1 saturated heterocycles. The summed E-state index contributed by atoms with van der Waals surface area (Å²) in [4.78, 5) is 25.6. The van der Waals surface area contributed by atoms with Gasteiger partial charge in [-0.2, -0.15) is 0 Å². The van der Waals surface area contributed by atoms with Crippen LogP contribution in [-0.2, 0) is 20.7 Å². The molecule has 0 N–H and O–H groups in total. The Kier molecular flexibility index (Phi) is 14.0. The Morgan fingerprint density at radius 3 is 2.10 bits per heavy atom. The highest BCUT2D eigenvalue weighted by Gasteiger charge is 2.29. The minimum atomic E-state index is -0.478. The highest BCUT2D eigenvalue weighted by molar-refractivity contribution is 5.91. The molecule has 0 amide bonds. The second kappa shape index (κ2) is 17.7. The third-order valence-electron chi connectivity index (χ3n) is 7.03. The number of aryl methyl sites for hydroxylation is 1. The maximum Gasteiger partial charge on any atom is 0.343 e. The van der Waals surface area contributed by atoms with Crippen molar-refractivity contribution in [3.8, 4) is 17.2 Å². The summed E-state index contributed by atoms with van der Waals surface area (Å²) < 4.78 is 28.5. The first-order valence-electron chi connectivity index (χ1n) is 15.1. The molecule has 0 aliphatic carbocycles. The van der Waals surface area contributed by atoms with Crippen LogP contribution in [0.2, 0.25) is 0 Å². The Hall–Kier alpha value is -2.90. The molecule has 1 aliphatic heterocycles. The van der Waals surface area contributed by atoms with Crippen LogP contribution < -0.4 is 14.2 Å². The van der Waals surface area contributed by atoms with Gasteiger partial charge in [0.1, 0.15) is 23.2 Å². The lowest BCUT2D eigenvalue weighted by Crippen LogP contribution is -2.38. The second-order valence-corrected chi connectivity index (χ2v) is 10.4. The van der Waals surface area contributed by atoms with Gasteiger partial charge in [0, 0.05) is 0 Å². The summed E-state index contributed by atoms with van der Waals surface area (Å²) in [5.74, 6) is 0.283. The molecule has 0 bridgehead atoms. The zero-order chi connectivity index (χ0) is 28.6. The topological polar surface area (TPSA) is 80.3 Å². The van der Waals surface area contributed by atoms with E-state index >= 15 is 0 Å². The van der Waals surface area contributed by atoms with E-state index in [-0.39, 0.29) is 19.5 Å². The number of esters is 2. The van der Waals surface area contributed by atoms with Crippen LogP contribution in [-0.4, -0.2) is 38.0 Å². The number of hydrogen-bond acceptors (Lipinski definition) is 7. The van der Waals surface area contributed by atoms with Crippen LogP contribution in [0.15, 0.2) is 42.5 Å². The molecular formula is C33H46O7. The average Bonchev–Trinajstić information content (AvgIpc) is 2.98. The van der Waals surface area contributed by atoms with Crippen LogP contribution in [0.5, 0.6) is 17.2 Å². The van der Waals surface area contributed by atoms with Crippen LogP contribution in [0.3, 0.4) is 0 Å². The van der Waals surface area contributed by atoms with E-state index in [9.17, 15) is 9.59 Å². The minimum Gasteiger partial charge on any atom is -0.494 e. The standard InChI is InChI=1S/C33H46O7/c1-4-7-9-11-13-21-36-28-16-18-29(19-17-28)39-32(34)26-15-20-30(25(6-3)22-26)40-33(35)27-23-37-31(38-24-27)14-12-10-8-5-2/h15-20,22,27,31H,4-14,21,23-24H2,1-3H3. The summed E-state index contributed by atoms with van der Waals surface area (Å²) >= 11 is 0. The smallest absolute Gasteiger partial charge is 0.343 e. The van der Waals surface area contributed by atoms with Crippen molar-refractivity contribution in [2.75, 3.05) is 19.8 Å². The van der Waals surface area contributed by atoms with Crippen LogP contribution in [0.4, 0.5) is 0 Å². The third kappa shape index (κ3) is 10.6. The molecule has 0 radical (unpaired) electrons. The van der Waals surface area contributed by atoms with E-state index in [1.165, 1.54) is 38.5 Å². The molecule has 1 heterocycles. The molecule has 2 aromatic carbocycles. The molecule has 1 aliphatic rings. The van der Waals surface area contributed by atoms with E-state index in [0.29, 0.717) is 30.1 Å². The van der Waals surface area contributed by atoms with E-state index in [2.05, 4.69) is 13.8 Å². The number of benzene rings is 2. The van der Waals surface area contributed by atoms with Crippen molar-refractivity contribution in [2.45, 2.75) is 97.7 Å². The largest absolute Gasteiger partial charge is 0.494 e. The van der Waals surface area contributed by atoms with Gasteiger partial charge in [-0.05, 0) is 73.7 Å². The van der Waals surface area contributed by atoms with E-state index < -0.39 is 17.9 Å². The molecular weight excluding hydrogens is 508 g/mol. The zero-order valence-electron chi connectivity index (χ0n) is 24.5. The maximum absolute atomic E-state index is 12.8. The average molecular weight is 555 g/mol. The Labute approximate surface area is 239 Å². The summed E-state index contributed by atoms with van der Waals surface area (Å²) in [6.45, 7) is 7.58. The summed E-state index contributed by atoms with van der Waals surface area (Å²) in [7, 11) is 0. The Bertz CT molecular complexity index is 1030. The molecule has 220 valence electrons. The lowest BCUT2D eigenvalue weighted by Gasteiger charge is -2.28. The van der Waals surface area contributed by atoms with Crippen molar-refractivity contribution >= 4 is 11.9 Å². The number of ether oxygens (including phenoxy) is 5. The third-order valence-corrected chi connectivity index (χ3v) is 7.03. The van der Waals surface area contributed by atoms with Gasteiger partial charge in [0.05, 0.1) is 25.4 Å². The SMILES string of the molecule is CCCCCCCOc1ccc(OC(=O)c2ccc(OC(=O)C3COC(CCCCCC)OC3)c(CC)c2)cc1. The lowest BCUT2D eigenvalue weighted by molar-refractivity contribution is -0.208. The quantitative estimate of drug-likeness (QED) is 0.113. The maximum atomic E-state index is 12.8. The van der Waals surface area contributed by atoms with Gasteiger partial charge in [0.2, 0.25) is 0 Å². The van der Waals surface area contributed by atoms with Gasteiger partial charge in [-0.1, -0.05) is 65.7 Å². The van der Waals surface area contributed by atoms with Gasteiger partial charge < -0.3 is 23.7 Å². The fourth-order valence-electron chi connectivity index (χ4n) is 4.52. The van der Waals surface area contributed by atoms with Gasteiger partial charge in [0.15, 0.2) is 6.29 Å². The molecule has 0 saturated carbocycles. The van der Waals surface area contributed by atoms with Gasteiger partial charge in [-0.15, -0.1) is 0 Å². The predicted octanol–water partition coefficient (Wildman–Crippen LogP) is 7.68. The minimum absolute atomic E-state index is 0.249. The molecule has 3 rings (SSSR count). The molecule has 0 unspecified atom stereocenters. The zero-order valence-corrected chi connectivity index (χ0v) is 24.5. The fourth-order valence-corrected chi connectivity index (χ4v) is 4.52. The first-order valence-corrected chi connectivity index (χ1v) is 15.1. The van der Waals surface area contributed by atoms with E-state index in [1.807, 2.05) is 19.1 Å². The summed E-state index contributed by atoms with van der Waals surface area (Å²) in [6.07, 6.45) is 11.7. The molecule has 0 aromatic heterocycles. The van der Waals surface area contributed by atoms with Gasteiger partial charge in [-0.3, -0.25) is 4.79 Å². The van der Waals surface area contributed by atoms with Crippen LogP contribution >= 0.6 is 0 Å². The molecule has 1 fully saturated rings. The second-order valence-electron chi connectivity index (χ2n) is 10.4. The number of hydrogen-bond donors (Lipinski definition) is 0. The molecule has 7 heteroatoms. The van der Waals surface area contributed by atoms with Crippen molar-refractivity contribution in [3.05, 3.63) is 53.6 Å². The first kappa shape index (κ1) is 31.6. The molecule has 2 aromatic rings. The van der Waals surface area contributed by atoms with Crippen molar-refractivity contribution in [1.82, 2.24) is 0 Å². The van der Waals surface area contributed by atoms with Gasteiger partial charge >= 0.3 is 11.9 Å². The van der Waals surface area contributed by atoms with Gasteiger partial charge in [0.25, 0.3) is 0 Å². The Balaban J connectivity index is 1.46. The predicted molar refractivity (Wildman–Crippen MR) is 155 cm³/mol. The van der Waals surface area contributed by atoms with Crippen molar-refractivity contribution in [3.63, 3.8) is 0 Å². The summed E-state index contributed by atoms with van der Waals surface area (Å²) in [5.41, 5.74) is 1.14. The van der Waals surface area contributed by atoms with Crippen LogP contribution in [0.1, 0.15) is 101 Å². The fraction of sp³-hybridized carbons (Fsp3) is 0.576. The normalized spacial score (nSPS) is 16.9. The number of unbranched alkanes of at least 4 members (excludes halogenated alkanes) is 7. The van der Waals surface area contributed by atoms with Crippen molar-refractivity contribution < 1.29 is 33.3 Å². The highest BCUT2D eigenvalue weighted by atomic mass is 16.7. The molecule has 0 spiro atoms. The van der Waals surface area contributed by atoms with Crippen LogP contribution in [0.25, 0.3) is 0 Å². The van der Waals surface area contributed by atoms with E-state index in [1.54, 1.807) is 30.3 Å². The molecule has 0 atom stereocenters. The summed E-state index contributed by atoms with van der Waals surface area (Å²) in [6, 6.07) is 12.0. The molecule has 40 heavy (non-hydrogen) atoms. The lowest BCUT2D eigenvalue weighted by atomic mass is 10.1. The molecule has 7 nitrogen and oxygen atoms in total. The van der Waals surface area contributed by atoms with E-state index in [0.717, 1.165) is 37.0 Å². The Morgan fingerprint density at radius 2 is 1.43 bits per heavy atom. The number of carbonyl (C=O) groups is 2. The van der Waals surface area contributed by atoms with Crippen molar-refractivity contribution in [2.24, 2.45) is 5.92 Å².